The van der Waals surface area contributed by atoms with Gasteiger partial charge in [0.1, 0.15) is 0 Å². The van der Waals surface area contributed by atoms with E-state index in [2.05, 4.69) is 10.4 Å². The van der Waals surface area contributed by atoms with E-state index in [1.807, 2.05) is 44.2 Å². The molecule has 0 spiro atoms. The lowest BCUT2D eigenvalue weighted by Crippen LogP contribution is -2.33. The van der Waals surface area contributed by atoms with Gasteiger partial charge >= 0.3 is 5.97 Å². The Bertz CT molecular complexity index is 740. The molecule has 0 radical (unpaired) electrons. The van der Waals surface area contributed by atoms with Crippen LogP contribution in [0, 0.1) is 5.92 Å². The summed E-state index contributed by atoms with van der Waals surface area (Å²) in [4.78, 5) is 23.3. The van der Waals surface area contributed by atoms with Crippen molar-refractivity contribution in [1.82, 2.24) is 15.1 Å². The number of aromatic nitrogens is 2. The lowest BCUT2D eigenvalue weighted by atomic mass is 10.2. The first kappa shape index (κ1) is 19.5. The molecule has 0 aliphatic rings. The van der Waals surface area contributed by atoms with Gasteiger partial charge in [-0.05, 0) is 31.4 Å². The van der Waals surface area contributed by atoms with Crippen LogP contribution in [-0.2, 0) is 4.79 Å². The third kappa shape index (κ3) is 5.61. The molecule has 0 aliphatic heterocycles. The summed E-state index contributed by atoms with van der Waals surface area (Å²) in [6.45, 7) is 6.28. The molecule has 7 nitrogen and oxygen atoms in total. The molecule has 1 unspecified atom stereocenters. The number of hydrogen-bond donors (Lipinski definition) is 2. The van der Waals surface area contributed by atoms with E-state index in [9.17, 15) is 9.59 Å². The van der Waals surface area contributed by atoms with Crippen molar-refractivity contribution in [2.75, 3.05) is 6.61 Å². The SMILES string of the molecule is CC(C)COc1cn(-c2ccccc2)nc1C(=O)NC(C)CCC(=O)O. The molecule has 140 valence electrons. The maximum absolute atomic E-state index is 12.6. The average Bonchev–Trinajstić information content (AvgIpc) is 3.03. The largest absolute Gasteiger partial charge is 0.489 e. The van der Waals surface area contributed by atoms with Gasteiger partial charge in [0.25, 0.3) is 5.91 Å². The lowest BCUT2D eigenvalue weighted by Gasteiger charge is -2.13. The van der Waals surface area contributed by atoms with Crippen LogP contribution in [0.25, 0.3) is 5.69 Å². The van der Waals surface area contributed by atoms with E-state index >= 15 is 0 Å². The van der Waals surface area contributed by atoms with Crippen LogP contribution < -0.4 is 10.1 Å². The Morgan fingerprint density at radius 1 is 1.23 bits per heavy atom. The van der Waals surface area contributed by atoms with E-state index in [0.29, 0.717) is 24.7 Å². The van der Waals surface area contributed by atoms with Crippen molar-refractivity contribution in [3.8, 4) is 11.4 Å². The number of amides is 1. The number of carboxylic acid groups (broad SMARTS) is 1. The molecule has 0 bridgehead atoms. The van der Waals surface area contributed by atoms with Crippen molar-refractivity contribution in [3.63, 3.8) is 0 Å². The molecule has 26 heavy (non-hydrogen) atoms. The second kappa shape index (κ2) is 9.03. The number of carbonyl (C=O) groups excluding carboxylic acids is 1. The second-order valence-electron chi connectivity index (χ2n) is 6.63. The molecule has 1 aromatic carbocycles. The summed E-state index contributed by atoms with van der Waals surface area (Å²) < 4.78 is 7.37. The van der Waals surface area contributed by atoms with Gasteiger partial charge in [-0.2, -0.15) is 5.10 Å². The normalized spacial score (nSPS) is 12.0. The second-order valence-corrected chi connectivity index (χ2v) is 6.63. The Balaban J connectivity index is 2.19. The van der Waals surface area contributed by atoms with E-state index in [-0.39, 0.29) is 24.1 Å². The molecular formula is C19H25N3O4. The highest BCUT2D eigenvalue weighted by Crippen LogP contribution is 2.21. The summed E-state index contributed by atoms with van der Waals surface area (Å²) >= 11 is 0. The van der Waals surface area contributed by atoms with Crippen molar-refractivity contribution < 1.29 is 19.4 Å². The van der Waals surface area contributed by atoms with E-state index in [1.165, 1.54) is 0 Å². The first-order valence-electron chi connectivity index (χ1n) is 8.67. The molecule has 0 aliphatic carbocycles. The zero-order chi connectivity index (χ0) is 19.1. The summed E-state index contributed by atoms with van der Waals surface area (Å²) in [5, 5.41) is 15.9. The average molecular weight is 359 g/mol. The van der Waals surface area contributed by atoms with Gasteiger partial charge in [0, 0.05) is 12.5 Å². The molecule has 0 fully saturated rings. The van der Waals surface area contributed by atoms with Crippen molar-refractivity contribution >= 4 is 11.9 Å². The maximum Gasteiger partial charge on any atom is 0.303 e. The standard InChI is InChI=1S/C19H25N3O4/c1-13(2)12-26-16-11-22(15-7-5-4-6-8-15)21-18(16)19(25)20-14(3)9-10-17(23)24/h4-8,11,13-14H,9-10,12H2,1-3H3,(H,20,25)(H,23,24). The molecule has 1 aromatic heterocycles. The number of benzene rings is 1. The van der Waals surface area contributed by atoms with Gasteiger partial charge in [0.15, 0.2) is 11.4 Å². The van der Waals surface area contributed by atoms with Gasteiger partial charge in [-0.3, -0.25) is 9.59 Å². The summed E-state index contributed by atoms with van der Waals surface area (Å²) in [6, 6.07) is 9.17. The highest BCUT2D eigenvalue weighted by molar-refractivity contribution is 5.95. The van der Waals surface area contributed by atoms with Gasteiger partial charge in [0.05, 0.1) is 18.5 Å². The first-order chi connectivity index (χ1) is 12.4. The van der Waals surface area contributed by atoms with Crippen LogP contribution in [0.4, 0.5) is 0 Å². The summed E-state index contributed by atoms with van der Waals surface area (Å²) in [7, 11) is 0. The van der Waals surface area contributed by atoms with Gasteiger partial charge in [-0.25, -0.2) is 4.68 Å². The summed E-state index contributed by atoms with van der Waals surface area (Å²) in [5.74, 6) is -0.553. The Hall–Kier alpha value is -2.83. The van der Waals surface area contributed by atoms with Crippen LogP contribution >= 0.6 is 0 Å². The topological polar surface area (TPSA) is 93.5 Å². The van der Waals surface area contributed by atoms with Crippen LogP contribution in [0.3, 0.4) is 0 Å². The van der Waals surface area contributed by atoms with Gasteiger partial charge in [0.2, 0.25) is 0 Å². The number of para-hydroxylation sites is 1. The van der Waals surface area contributed by atoms with Crippen LogP contribution in [0.15, 0.2) is 36.5 Å². The number of nitrogens with one attached hydrogen (secondary N) is 1. The number of carboxylic acids is 1. The molecule has 1 atom stereocenters. The van der Waals surface area contributed by atoms with Crippen molar-refractivity contribution in [1.29, 1.82) is 0 Å². The zero-order valence-electron chi connectivity index (χ0n) is 15.3. The Morgan fingerprint density at radius 3 is 2.54 bits per heavy atom. The van der Waals surface area contributed by atoms with E-state index in [4.69, 9.17) is 9.84 Å². The molecule has 1 heterocycles. The number of ether oxygens (including phenoxy) is 1. The van der Waals surface area contributed by atoms with Gasteiger partial charge in [-0.15, -0.1) is 0 Å². The Labute approximate surface area is 153 Å². The number of aliphatic carboxylic acids is 1. The van der Waals surface area contributed by atoms with E-state index in [1.54, 1.807) is 17.8 Å². The Morgan fingerprint density at radius 2 is 1.92 bits per heavy atom. The van der Waals surface area contributed by atoms with Gasteiger partial charge in [-0.1, -0.05) is 32.0 Å². The fourth-order valence-electron chi connectivity index (χ4n) is 2.29. The maximum atomic E-state index is 12.6. The minimum Gasteiger partial charge on any atom is -0.489 e. The van der Waals surface area contributed by atoms with E-state index < -0.39 is 5.97 Å². The minimum absolute atomic E-state index is 0.00336. The monoisotopic (exact) mass is 359 g/mol. The highest BCUT2D eigenvalue weighted by Gasteiger charge is 2.21. The van der Waals surface area contributed by atoms with Crippen molar-refractivity contribution in [3.05, 3.63) is 42.2 Å². The van der Waals surface area contributed by atoms with Crippen LogP contribution in [-0.4, -0.2) is 39.4 Å². The molecule has 2 rings (SSSR count). The third-order valence-electron chi connectivity index (χ3n) is 3.66. The van der Waals surface area contributed by atoms with Crippen LogP contribution in [0.2, 0.25) is 0 Å². The molecule has 0 saturated heterocycles. The molecule has 2 N–H and O–H groups in total. The first-order valence-corrected chi connectivity index (χ1v) is 8.67. The lowest BCUT2D eigenvalue weighted by molar-refractivity contribution is -0.137. The number of nitrogens with zero attached hydrogens (tertiary/aromatic N) is 2. The minimum atomic E-state index is -0.889. The summed E-state index contributed by atoms with van der Waals surface area (Å²) in [6.07, 6.45) is 2.04. The molecule has 0 saturated carbocycles. The van der Waals surface area contributed by atoms with Crippen molar-refractivity contribution in [2.45, 2.75) is 39.7 Å². The van der Waals surface area contributed by atoms with Crippen LogP contribution in [0.1, 0.15) is 44.1 Å². The predicted octanol–water partition coefficient (Wildman–Crippen LogP) is 2.89. The highest BCUT2D eigenvalue weighted by atomic mass is 16.5. The molecule has 2 aromatic rings. The fourth-order valence-corrected chi connectivity index (χ4v) is 2.29. The quantitative estimate of drug-likeness (QED) is 0.718. The van der Waals surface area contributed by atoms with Crippen LogP contribution in [0.5, 0.6) is 5.75 Å². The third-order valence-corrected chi connectivity index (χ3v) is 3.66. The Kier molecular flexibility index (Phi) is 6.77. The summed E-state index contributed by atoms with van der Waals surface area (Å²) in [5.41, 5.74) is 1.01. The molecule has 7 heteroatoms. The number of hydrogen-bond acceptors (Lipinski definition) is 4. The smallest absolute Gasteiger partial charge is 0.303 e. The van der Waals surface area contributed by atoms with Gasteiger partial charge < -0.3 is 15.2 Å². The van der Waals surface area contributed by atoms with Crippen molar-refractivity contribution in [2.24, 2.45) is 5.92 Å². The van der Waals surface area contributed by atoms with E-state index in [0.717, 1.165) is 5.69 Å². The molecule has 1 amide bonds. The predicted molar refractivity (Wildman–Crippen MR) is 97.7 cm³/mol. The number of carbonyl (C=O) groups is 2. The zero-order valence-corrected chi connectivity index (χ0v) is 15.3. The fraction of sp³-hybridized carbons (Fsp3) is 0.421. The number of rotatable bonds is 9. The molecular weight excluding hydrogens is 334 g/mol.